The minimum absolute atomic E-state index is 0.229. The Bertz CT molecular complexity index is 736. The highest BCUT2D eigenvalue weighted by Gasteiger charge is 2.12. The van der Waals surface area contributed by atoms with Gasteiger partial charge in [-0.15, -0.1) is 0 Å². The summed E-state index contributed by atoms with van der Waals surface area (Å²) in [5.41, 5.74) is 0.654. The van der Waals surface area contributed by atoms with Crippen LogP contribution in [0.1, 0.15) is 10.4 Å². The number of carboxylic acids is 1. The molecule has 0 saturated heterocycles. The number of methoxy groups -OCH3 is 1. The van der Waals surface area contributed by atoms with Crippen LogP contribution in [0.15, 0.2) is 60.3 Å². The quantitative estimate of drug-likeness (QED) is 0.624. The summed E-state index contributed by atoms with van der Waals surface area (Å²) in [6.07, 6.45) is 1.04. The topological polar surface area (TPSA) is 75.6 Å². The van der Waals surface area contributed by atoms with Crippen LogP contribution in [0.3, 0.4) is 0 Å². The molecule has 5 nitrogen and oxygen atoms in total. The van der Waals surface area contributed by atoms with Crippen molar-refractivity contribution in [2.45, 2.75) is 0 Å². The van der Waals surface area contributed by atoms with E-state index in [-0.39, 0.29) is 5.70 Å². The maximum absolute atomic E-state index is 12.2. The third-order valence-electron chi connectivity index (χ3n) is 3.00. The number of ether oxygens (including phenoxy) is 1. The lowest BCUT2D eigenvalue weighted by molar-refractivity contribution is -0.132. The number of hydrogen-bond acceptors (Lipinski definition) is 4. The second-order valence-corrected chi connectivity index (χ2v) is 5.02. The molecule has 0 aliphatic rings. The normalized spacial score (nSPS) is 11.0. The lowest BCUT2D eigenvalue weighted by Gasteiger charge is -2.07. The average molecular weight is 332 g/mol. The molecule has 0 amide bonds. The van der Waals surface area contributed by atoms with E-state index in [1.165, 1.54) is 7.11 Å². The Morgan fingerprint density at radius 2 is 1.70 bits per heavy atom. The third-order valence-corrected chi connectivity index (χ3v) is 3.26. The number of ketones is 1. The minimum atomic E-state index is -1.23. The van der Waals surface area contributed by atoms with Gasteiger partial charge in [0.15, 0.2) is 5.78 Å². The molecular formula is C17H14ClNO4. The highest BCUT2D eigenvalue weighted by molar-refractivity contribution is 6.30. The van der Waals surface area contributed by atoms with Crippen molar-refractivity contribution >= 4 is 29.0 Å². The number of hydrogen-bond donors (Lipinski definition) is 2. The number of carbonyl (C=O) groups excluding carboxylic acids is 1. The molecule has 2 rings (SSSR count). The van der Waals surface area contributed by atoms with Crippen LogP contribution in [0.2, 0.25) is 5.02 Å². The Hall–Kier alpha value is -2.79. The van der Waals surface area contributed by atoms with Crippen molar-refractivity contribution in [2.75, 3.05) is 12.4 Å². The molecule has 6 heteroatoms. The molecule has 0 heterocycles. The van der Waals surface area contributed by atoms with E-state index >= 15 is 0 Å². The van der Waals surface area contributed by atoms with Crippen molar-refractivity contribution in [3.05, 3.63) is 70.9 Å². The van der Waals surface area contributed by atoms with Crippen LogP contribution in [-0.2, 0) is 4.79 Å². The fourth-order valence-corrected chi connectivity index (χ4v) is 1.94. The molecule has 0 saturated carbocycles. The molecule has 0 radical (unpaired) electrons. The molecule has 0 fully saturated rings. The van der Waals surface area contributed by atoms with Crippen LogP contribution < -0.4 is 10.1 Å². The van der Waals surface area contributed by atoms with Crippen LogP contribution in [-0.4, -0.2) is 24.0 Å². The molecule has 0 aliphatic carbocycles. The van der Waals surface area contributed by atoms with Crippen molar-refractivity contribution in [1.29, 1.82) is 0 Å². The zero-order valence-corrected chi connectivity index (χ0v) is 13.0. The molecule has 2 N–H and O–H groups in total. The Morgan fingerprint density at radius 3 is 2.22 bits per heavy atom. The summed E-state index contributed by atoms with van der Waals surface area (Å²) in [4.78, 5) is 23.5. The Kier molecular flexibility index (Phi) is 5.38. The largest absolute Gasteiger partial charge is 0.497 e. The number of allylic oxidation sites excluding steroid dienone is 1. The summed E-state index contributed by atoms with van der Waals surface area (Å²) < 4.78 is 5.01. The molecule has 118 valence electrons. The fraction of sp³-hybridized carbons (Fsp3) is 0.0588. The van der Waals surface area contributed by atoms with Gasteiger partial charge in [-0.3, -0.25) is 4.79 Å². The van der Waals surface area contributed by atoms with Crippen LogP contribution in [0.5, 0.6) is 5.75 Å². The van der Waals surface area contributed by atoms with Crippen LogP contribution in [0, 0.1) is 0 Å². The van der Waals surface area contributed by atoms with Crippen LogP contribution in [0.25, 0.3) is 0 Å². The van der Waals surface area contributed by atoms with Crippen molar-refractivity contribution in [1.82, 2.24) is 0 Å². The van der Waals surface area contributed by atoms with Crippen molar-refractivity contribution in [3.63, 3.8) is 0 Å². The first-order valence-electron chi connectivity index (χ1n) is 6.65. The molecule has 0 unspecified atom stereocenters. The van der Waals surface area contributed by atoms with E-state index in [1.54, 1.807) is 48.5 Å². The molecule has 0 aromatic heterocycles. The molecule has 0 spiro atoms. The van der Waals surface area contributed by atoms with Gasteiger partial charge in [0.2, 0.25) is 0 Å². The van der Waals surface area contributed by atoms with Gasteiger partial charge in [-0.1, -0.05) is 11.6 Å². The molecule has 2 aromatic carbocycles. The molecule has 0 bridgehead atoms. The van der Waals surface area contributed by atoms with Gasteiger partial charge < -0.3 is 15.2 Å². The summed E-state index contributed by atoms with van der Waals surface area (Å²) in [7, 11) is 1.52. The number of benzene rings is 2. The number of anilines is 1. The smallest absolute Gasteiger partial charge is 0.352 e. The fourth-order valence-electron chi connectivity index (χ4n) is 1.81. The second-order valence-electron chi connectivity index (χ2n) is 4.59. The van der Waals surface area contributed by atoms with E-state index in [1.807, 2.05) is 0 Å². The zero-order valence-electron chi connectivity index (χ0n) is 12.2. The van der Waals surface area contributed by atoms with Gasteiger partial charge in [0, 0.05) is 22.3 Å². The van der Waals surface area contributed by atoms with Gasteiger partial charge in [-0.25, -0.2) is 4.79 Å². The predicted molar refractivity (Wildman–Crippen MR) is 88.1 cm³/mol. The lowest BCUT2D eigenvalue weighted by atomic mass is 10.1. The van der Waals surface area contributed by atoms with Gasteiger partial charge in [0.25, 0.3) is 0 Å². The van der Waals surface area contributed by atoms with E-state index in [0.29, 0.717) is 22.0 Å². The molecule has 2 aromatic rings. The van der Waals surface area contributed by atoms with Gasteiger partial charge in [0.1, 0.15) is 11.4 Å². The molecule has 0 atom stereocenters. The number of carbonyl (C=O) groups is 2. The standard InChI is InChI=1S/C17H14ClNO4/c1-23-14-8-2-11(3-9-14)16(20)10-15(17(21)22)19-13-6-4-12(18)5-7-13/h2-10,19H,1H3,(H,21,22). The van der Waals surface area contributed by atoms with Crippen molar-refractivity contribution < 1.29 is 19.4 Å². The second kappa shape index (κ2) is 7.47. The van der Waals surface area contributed by atoms with E-state index in [0.717, 1.165) is 6.08 Å². The van der Waals surface area contributed by atoms with E-state index in [4.69, 9.17) is 16.3 Å². The summed E-state index contributed by atoms with van der Waals surface area (Å²) in [6, 6.07) is 12.9. The SMILES string of the molecule is COc1ccc(C(=O)C=C(Nc2ccc(Cl)cc2)C(=O)O)cc1. The number of halogens is 1. The van der Waals surface area contributed by atoms with Crippen molar-refractivity contribution in [3.8, 4) is 5.75 Å². The molecule has 0 aliphatic heterocycles. The van der Waals surface area contributed by atoms with Crippen molar-refractivity contribution in [2.24, 2.45) is 0 Å². The summed E-state index contributed by atoms with van der Waals surface area (Å²) in [5.74, 6) is -1.04. The van der Waals surface area contributed by atoms with Crippen LogP contribution >= 0.6 is 11.6 Å². The maximum atomic E-state index is 12.2. The minimum Gasteiger partial charge on any atom is -0.497 e. The lowest BCUT2D eigenvalue weighted by Crippen LogP contribution is -2.12. The number of carboxylic acid groups (broad SMARTS) is 1. The highest BCUT2D eigenvalue weighted by Crippen LogP contribution is 2.16. The Morgan fingerprint density at radius 1 is 1.09 bits per heavy atom. The first kappa shape index (κ1) is 16.6. The monoisotopic (exact) mass is 331 g/mol. The average Bonchev–Trinajstić information content (AvgIpc) is 2.56. The van der Waals surface area contributed by atoms with Gasteiger partial charge >= 0.3 is 5.97 Å². The van der Waals surface area contributed by atoms with Gasteiger partial charge in [-0.2, -0.15) is 0 Å². The third kappa shape index (κ3) is 4.59. The summed E-state index contributed by atoms with van der Waals surface area (Å²) in [6.45, 7) is 0. The first-order valence-corrected chi connectivity index (χ1v) is 7.03. The maximum Gasteiger partial charge on any atom is 0.352 e. The van der Waals surface area contributed by atoms with Crippen LogP contribution in [0.4, 0.5) is 5.69 Å². The number of aliphatic carboxylic acids is 1. The molecular weight excluding hydrogens is 318 g/mol. The van der Waals surface area contributed by atoms with E-state index < -0.39 is 11.8 Å². The summed E-state index contributed by atoms with van der Waals surface area (Å²) >= 11 is 5.78. The van der Waals surface area contributed by atoms with E-state index in [9.17, 15) is 14.7 Å². The first-order chi connectivity index (χ1) is 11.0. The van der Waals surface area contributed by atoms with Gasteiger partial charge in [0.05, 0.1) is 7.11 Å². The summed E-state index contributed by atoms with van der Waals surface area (Å²) in [5, 5.41) is 12.5. The van der Waals surface area contributed by atoms with E-state index in [2.05, 4.69) is 5.32 Å². The zero-order chi connectivity index (χ0) is 16.8. The number of rotatable bonds is 6. The predicted octanol–water partition coefficient (Wildman–Crippen LogP) is 3.61. The molecule has 23 heavy (non-hydrogen) atoms. The highest BCUT2D eigenvalue weighted by atomic mass is 35.5. The Labute approximate surface area is 138 Å². The van der Waals surface area contributed by atoms with Gasteiger partial charge in [-0.05, 0) is 48.5 Å². The number of nitrogens with one attached hydrogen (secondary N) is 1. The Balaban J connectivity index is 2.21.